The van der Waals surface area contributed by atoms with E-state index in [-0.39, 0.29) is 30.9 Å². The zero-order valence-corrected chi connectivity index (χ0v) is 16.6. The summed E-state index contributed by atoms with van der Waals surface area (Å²) in [5.74, 6) is -0.587. The van der Waals surface area contributed by atoms with Gasteiger partial charge in [-0.1, -0.05) is 6.07 Å². The van der Waals surface area contributed by atoms with E-state index >= 15 is 0 Å². The highest BCUT2D eigenvalue weighted by molar-refractivity contribution is 7.13. The standard InChI is InChI=1S/C19H22N4O3S/c1-11(2)26-16(24)7-8-20-19(25)13-10-14(15-6-5-9-27-15)21-18-17(13)12(3)22-23(18)4/h5-6,9-11H,7-8H2,1-4H3,(H,20,25). The van der Waals surface area contributed by atoms with Gasteiger partial charge in [-0.15, -0.1) is 11.3 Å². The largest absolute Gasteiger partial charge is 0.463 e. The molecule has 0 bridgehead atoms. The number of esters is 1. The van der Waals surface area contributed by atoms with Crippen LogP contribution in [-0.4, -0.2) is 39.3 Å². The van der Waals surface area contributed by atoms with Crippen molar-refractivity contribution in [3.05, 3.63) is 34.8 Å². The van der Waals surface area contributed by atoms with Crippen molar-refractivity contribution in [2.75, 3.05) is 6.54 Å². The minimum absolute atomic E-state index is 0.127. The molecule has 3 heterocycles. The first kappa shape index (κ1) is 19.0. The molecule has 7 nitrogen and oxygen atoms in total. The number of carbonyl (C=O) groups is 2. The third-order valence-corrected chi connectivity index (χ3v) is 4.86. The van der Waals surface area contributed by atoms with Crippen molar-refractivity contribution in [1.29, 1.82) is 0 Å². The van der Waals surface area contributed by atoms with Gasteiger partial charge in [0, 0.05) is 13.6 Å². The van der Waals surface area contributed by atoms with Gasteiger partial charge in [-0.2, -0.15) is 5.10 Å². The molecule has 3 rings (SSSR count). The average molecular weight is 386 g/mol. The van der Waals surface area contributed by atoms with Crippen molar-refractivity contribution in [3.63, 3.8) is 0 Å². The molecule has 0 saturated heterocycles. The zero-order valence-electron chi connectivity index (χ0n) is 15.8. The van der Waals surface area contributed by atoms with Gasteiger partial charge >= 0.3 is 5.97 Å². The Labute approximate surface area is 161 Å². The highest BCUT2D eigenvalue weighted by atomic mass is 32.1. The molecule has 0 aliphatic rings. The quantitative estimate of drug-likeness (QED) is 0.658. The van der Waals surface area contributed by atoms with E-state index in [4.69, 9.17) is 4.74 Å². The van der Waals surface area contributed by atoms with Crippen LogP contribution in [0.15, 0.2) is 23.6 Å². The van der Waals surface area contributed by atoms with E-state index < -0.39 is 0 Å². The maximum atomic E-state index is 12.8. The average Bonchev–Trinajstić information content (AvgIpc) is 3.22. The molecule has 8 heteroatoms. The van der Waals surface area contributed by atoms with E-state index in [0.717, 1.165) is 21.7 Å². The molecule has 3 aromatic rings. The number of aromatic nitrogens is 3. The number of aryl methyl sites for hydroxylation is 2. The summed E-state index contributed by atoms with van der Waals surface area (Å²) < 4.78 is 6.77. The van der Waals surface area contributed by atoms with Gasteiger partial charge in [0.1, 0.15) is 0 Å². The number of thiophene rings is 1. The molecule has 0 atom stereocenters. The Hall–Kier alpha value is -2.74. The molecule has 3 aromatic heterocycles. The number of nitrogens with one attached hydrogen (secondary N) is 1. The van der Waals surface area contributed by atoms with Crippen molar-refractivity contribution in [3.8, 4) is 10.6 Å². The van der Waals surface area contributed by atoms with Crippen LogP contribution in [0.3, 0.4) is 0 Å². The van der Waals surface area contributed by atoms with E-state index in [1.807, 2.05) is 31.5 Å². The second-order valence-electron chi connectivity index (χ2n) is 6.48. The normalized spacial score (nSPS) is 11.1. The van der Waals surface area contributed by atoms with Crippen LogP contribution in [0.4, 0.5) is 0 Å². The fourth-order valence-electron chi connectivity index (χ4n) is 2.87. The molecule has 0 radical (unpaired) electrons. The molecule has 0 aromatic carbocycles. The Bertz CT molecular complexity index is 977. The molecule has 0 aliphatic heterocycles. The van der Waals surface area contributed by atoms with Crippen molar-refractivity contribution in [2.24, 2.45) is 7.05 Å². The molecular weight excluding hydrogens is 364 g/mol. The van der Waals surface area contributed by atoms with Gasteiger partial charge in [-0.25, -0.2) is 4.98 Å². The number of amides is 1. The monoisotopic (exact) mass is 386 g/mol. The highest BCUT2D eigenvalue weighted by Crippen LogP contribution is 2.29. The van der Waals surface area contributed by atoms with Gasteiger partial charge in [0.05, 0.1) is 39.7 Å². The third kappa shape index (κ3) is 4.16. The lowest BCUT2D eigenvalue weighted by atomic mass is 10.1. The van der Waals surface area contributed by atoms with Crippen LogP contribution < -0.4 is 5.32 Å². The maximum Gasteiger partial charge on any atom is 0.307 e. The summed E-state index contributed by atoms with van der Waals surface area (Å²) in [7, 11) is 1.81. The SMILES string of the molecule is Cc1nn(C)c2nc(-c3cccs3)cc(C(=O)NCCC(=O)OC(C)C)c12. The first-order valence-corrected chi connectivity index (χ1v) is 9.60. The van der Waals surface area contributed by atoms with E-state index in [0.29, 0.717) is 11.2 Å². The Morgan fingerprint density at radius 1 is 1.37 bits per heavy atom. The summed E-state index contributed by atoms with van der Waals surface area (Å²) in [5, 5.41) is 9.89. The number of nitrogens with zero attached hydrogens (tertiary/aromatic N) is 3. The fourth-order valence-corrected chi connectivity index (χ4v) is 3.56. The van der Waals surface area contributed by atoms with Crippen molar-refractivity contribution in [1.82, 2.24) is 20.1 Å². The lowest BCUT2D eigenvalue weighted by molar-refractivity contribution is -0.147. The minimum Gasteiger partial charge on any atom is -0.463 e. The lowest BCUT2D eigenvalue weighted by Gasteiger charge is -2.10. The third-order valence-electron chi connectivity index (χ3n) is 3.97. The first-order valence-electron chi connectivity index (χ1n) is 8.72. The highest BCUT2D eigenvalue weighted by Gasteiger charge is 2.19. The van der Waals surface area contributed by atoms with E-state index in [2.05, 4.69) is 15.4 Å². The number of rotatable bonds is 6. The predicted molar refractivity (Wildman–Crippen MR) is 105 cm³/mol. The van der Waals surface area contributed by atoms with Gasteiger partial charge < -0.3 is 10.1 Å². The molecule has 1 amide bonds. The van der Waals surface area contributed by atoms with Crippen LogP contribution in [0.5, 0.6) is 0 Å². The summed E-state index contributed by atoms with van der Waals surface area (Å²) in [6, 6.07) is 5.69. The molecular formula is C19H22N4O3S. The summed E-state index contributed by atoms with van der Waals surface area (Å²) in [5.41, 5.74) is 2.63. The number of pyridine rings is 1. The van der Waals surface area contributed by atoms with Crippen LogP contribution in [0, 0.1) is 6.92 Å². The number of carbonyl (C=O) groups excluding carboxylic acids is 2. The van der Waals surface area contributed by atoms with Crippen LogP contribution >= 0.6 is 11.3 Å². The predicted octanol–water partition coefficient (Wildman–Crippen LogP) is 3.08. The molecule has 0 unspecified atom stereocenters. The van der Waals surface area contributed by atoms with Crippen LogP contribution in [0.1, 0.15) is 36.3 Å². The van der Waals surface area contributed by atoms with Gasteiger partial charge in [0.2, 0.25) is 0 Å². The van der Waals surface area contributed by atoms with Gasteiger partial charge in [0.25, 0.3) is 5.91 Å². The number of ether oxygens (including phenoxy) is 1. The van der Waals surface area contributed by atoms with E-state index in [9.17, 15) is 9.59 Å². The molecule has 27 heavy (non-hydrogen) atoms. The maximum absolute atomic E-state index is 12.8. The fraction of sp³-hybridized carbons (Fsp3) is 0.368. The second-order valence-corrected chi connectivity index (χ2v) is 7.43. The second kappa shape index (κ2) is 7.87. The van der Waals surface area contributed by atoms with Gasteiger partial charge in [0.15, 0.2) is 5.65 Å². The smallest absolute Gasteiger partial charge is 0.307 e. The molecule has 0 saturated carbocycles. The Morgan fingerprint density at radius 2 is 2.15 bits per heavy atom. The van der Waals surface area contributed by atoms with Crippen LogP contribution in [-0.2, 0) is 16.6 Å². The van der Waals surface area contributed by atoms with Gasteiger partial charge in [-0.3, -0.25) is 14.3 Å². The first-order chi connectivity index (χ1) is 12.9. The number of hydrogen-bond donors (Lipinski definition) is 1. The summed E-state index contributed by atoms with van der Waals surface area (Å²) in [6.07, 6.45) is -0.0403. The van der Waals surface area contributed by atoms with Crippen LogP contribution in [0.2, 0.25) is 0 Å². The van der Waals surface area contributed by atoms with Crippen molar-refractivity contribution < 1.29 is 14.3 Å². The summed E-state index contributed by atoms with van der Waals surface area (Å²) in [4.78, 5) is 30.1. The summed E-state index contributed by atoms with van der Waals surface area (Å²) >= 11 is 1.56. The van der Waals surface area contributed by atoms with E-state index in [1.165, 1.54) is 0 Å². The minimum atomic E-state index is -0.331. The zero-order chi connectivity index (χ0) is 19.6. The van der Waals surface area contributed by atoms with Crippen LogP contribution in [0.25, 0.3) is 21.6 Å². The molecule has 0 spiro atoms. The molecule has 0 aliphatic carbocycles. The van der Waals surface area contributed by atoms with Gasteiger partial charge in [-0.05, 0) is 38.3 Å². The van der Waals surface area contributed by atoms with E-state index in [1.54, 1.807) is 35.9 Å². The molecule has 1 N–H and O–H groups in total. The Kier molecular flexibility index (Phi) is 5.55. The summed E-state index contributed by atoms with van der Waals surface area (Å²) in [6.45, 7) is 5.65. The van der Waals surface area contributed by atoms with Crippen molar-refractivity contribution >= 4 is 34.2 Å². The number of hydrogen-bond acceptors (Lipinski definition) is 6. The lowest BCUT2D eigenvalue weighted by Crippen LogP contribution is -2.27. The van der Waals surface area contributed by atoms with Crippen molar-refractivity contribution in [2.45, 2.75) is 33.3 Å². The Balaban J connectivity index is 1.88. The molecule has 142 valence electrons. The topological polar surface area (TPSA) is 86.1 Å². The number of fused-ring (bicyclic) bond motifs is 1. The Morgan fingerprint density at radius 3 is 2.81 bits per heavy atom. The molecule has 0 fully saturated rings.